The van der Waals surface area contributed by atoms with E-state index in [9.17, 15) is 4.39 Å². The van der Waals surface area contributed by atoms with E-state index in [1.165, 1.54) is 6.08 Å². The summed E-state index contributed by atoms with van der Waals surface area (Å²) in [6.45, 7) is 1.96. The fraction of sp³-hybridized carbons (Fsp3) is 0.250. The first-order chi connectivity index (χ1) is 4.41. The van der Waals surface area contributed by atoms with E-state index in [-0.39, 0.29) is 0 Å². The molecule has 0 saturated carbocycles. The molecule has 0 aliphatic carbocycles. The fourth-order valence-electron chi connectivity index (χ4n) is 0.414. The lowest BCUT2D eigenvalue weighted by atomic mass is 10.3. The molecule has 0 aromatic heterocycles. The van der Waals surface area contributed by atoms with Crippen molar-refractivity contribution in [2.24, 2.45) is 0 Å². The number of allylic oxidation sites excluding steroid dienone is 5. The minimum Gasteiger partial charge on any atom is -0.216 e. The molecule has 50 valence electrons. The van der Waals surface area contributed by atoms with Crippen molar-refractivity contribution in [2.75, 3.05) is 0 Å². The second-order valence-electron chi connectivity index (χ2n) is 1.55. The standard InChI is InChI=1S/C8H11F/c1-2-3-4-5-6-7-8-9/h2-3,5-8H,4H2,1H3/b3-2-,6-5+,8-7+. The molecule has 0 aromatic carbocycles. The van der Waals surface area contributed by atoms with Gasteiger partial charge in [0.1, 0.15) is 0 Å². The van der Waals surface area contributed by atoms with Gasteiger partial charge in [-0.2, -0.15) is 0 Å². The molecule has 0 saturated heterocycles. The minimum atomic E-state index is 0.520. The van der Waals surface area contributed by atoms with Gasteiger partial charge < -0.3 is 0 Å². The fourth-order valence-corrected chi connectivity index (χ4v) is 0.414. The summed E-state index contributed by atoms with van der Waals surface area (Å²) in [5.41, 5.74) is 0. The molecule has 0 rings (SSSR count). The van der Waals surface area contributed by atoms with Crippen LogP contribution in [-0.2, 0) is 0 Å². The summed E-state index contributed by atoms with van der Waals surface area (Å²) in [4.78, 5) is 0. The topological polar surface area (TPSA) is 0 Å². The molecule has 1 heteroatoms. The largest absolute Gasteiger partial charge is 0.216 e. The van der Waals surface area contributed by atoms with Crippen LogP contribution in [0.2, 0.25) is 0 Å². The molecule has 0 heterocycles. The maximum atomic E-state index is 11.3. The van der Waals surface area contributed by atoms with E-state index in [4.69, 9.17) is 0 Å². The molecule has 0 radical (unpaired) electrons. The highest BCUT2D eigenvalue weighted by molar-refractivity contribution is 5.02. The SMILES string of the molecule is C/C=C\C/C=C/C=C/F. The summed E-state index contributed by atoms with van der Waals surface area (Å²) < 4.78 is 11.3. The van der Waals surface area contributed by atoms with Crippen molar-refractivity contribution in [3.05, 3.63) is 36.7 Å². The number of hydrogen-bond acceptors (Lipinski definition) is 0. The first-order valence-electron chi connectivity index (χ1n) is 2.95. The van der Waals surface area contributed by atoms with Gasteiger partial charge in [0.2, 0.25) is 0 Å². The van der Waals surface area contributed by atoms with E-state index in [1.807, 2.05) is 25.2 Å². The third-order valence-corrected chi connectivity index (χ3v) is 0.828. The van der Waals surface area contributed by atoms with Crippen LogP contribution in [0.1, 0.15) is 13.3 Å². The minimum absolute atomic E-state index is 0.520. The maximum absolute atomic E-state index is 11.3. The van der Waals surface area contributed by atoms with E-state index < -0.39 is 0 Å². The molecule has 0 fully saturated rings. The molecule has 0 aliphatic rings. The Hall–Kier alpha value is -0.850. The van der Waals surface area contributed by atoms with Crippen molar-refractivity contribution < 1.29 is 4.39 Å². The number of hydrogen-bond donors (Lipinski definition) is 0. The zero-order valence-corrected chi connectivity index (χ0v) is 5.55. The Morgan fingerprint density at radius 1 is 1.22 bits per heavy atom. The molecule has 0 nitrogen and oxygen atoms in total. The van der Waals surface area contributed by atoms with Crippen LogP contribution < -0.4 is 0 Å². The molecule has 0 atom stereocenters. The van der Waals surface area contributed by atoms with Crippen LogP contribution >= 0.6 is 0 Å². The summed E-state index contributed by atoms with van der Waals surface area (Å²) in [5.74, 6) is 0. The molecule has 0 spiro atoms. The van der Waals surface area contributed by atoms with Gasteiger partial charge in [-0.25, -0.2) is 4.39 Å². The van der Waals surface area contributed by atoms with Gasteiger partial charge in [0.25, 0.3) is 0 Å². The van der Waals surface area contributed by atoms with Crippen molar-refractivity contribution in [1.29, 1.82) is 0 Å². The monoisotopic (exact) mass is 126 g/mol. The molecular formula is C8H11F. The summed E-state index contributed by atoms with van der Waals surface area (Å²) in [5, 5.41) is 0. The summed E-state index contributed by atoms with van der Waals surface area (Å²) in [7, 11) is 0. The zero-order valence-electron chi connectivity index (χ0n) is 5.55. The lowest BCUT2D eigenvalue weighted by molar-refractivity contribution is 0.721. The van der Waals surface area contributed by atoms with Crippen molar-refractivity contribution in [3.8, 4) is 0 Å². The number of halogens is 1. The second-order valence-corrected chi connectivity index (χ2v) is 1.55. The predicted octanol–water partition coefficient (Wildman–Crippen LogP) is 2.99. The smallest absolute Gasteiger partial charge is 0.0866 e. The van der Waals surface area contributed by atoms with E-state index in [0.29, 0.717) is 6.33 Å². The van der Waals surface area contributed by atoms with Crippen molar-refractivity contribution in [1.82, 2.24) is 0 Å². The van der Waals surface area contributed by atoms with Gasteiger partial charge in [-0.1, -0.05) is 24.3 Å². The summed E-state index contributed by atoms with van der Waals surface area (Å²) >= 11 is 0. The molecule has 0 aromatic rings. The van der Waals surface area contributed by atoms with Gasteiger partial charge in [0, 0.05) is 0 Å². The quantitative estimate of drug-likeness (QED) is 0.403. The van der Waals surface area contributed by atoms with E-state index in [1.54, 1.807) is 6.08 Å². The van der Waals surface area contributed by atoms with Crippen LogP contribution in [0.15, 0.2) is 36.7 Å². The van der Waals surface area contributed by atoms with Gasteiger partial charge in [0.15, 0.2) is 0 Å². The average molecular weight is 126 g/mol. The Bertz CT molecular complexity index is 121. The highest BCUT2D eigenvalue weighted by Crippen LogP contribution is 1.85. The van der Waals surface area contributed by atoms with Crippen molar-refractivity contribution >= 4 is 0 Å². The highest BCUT2D eigenvalue weighted by Gasteiger charge is 1.64. The molecule has 0 N–H and O–H groups in total. The van der Waals surface area contributed by atoms with Crippen molar-refractivity contribution in [2.45, 2.75) is 13.3 Å². The molecule has 0 amide bonds. The Kier molecular flexibility index (Phi) is 6.47. The normalized spacial score (nSPS) is 12.7. The van der Waals surface area contributed by atoms with E-state index in [0.717, 1.165) is 6.42 Å². The maximum Gasteiger partial charge on any atom is 0.0866 e. The molecular weight excluding hydrogens is 115 g/mol. The molecule has 0 bridgehead atoms. The first-order valence-corrected chi connectivity index (χ1v) is 2.95. The lowest BCUT2D eigenvalue weighted by Crippen LogP contribution is -1.54. The van der Waals surface area contributed by atoms with Crippen LogP contribution in [0.3, 0.4) is 0 Å². The van der Waals surface area contributed by atoms with Gasteiger partial charge in [-0.05, 0) is 19.4 Å². The van der Waals surface area contributed by atoms with Crippen LogP contribution in [-0.4, -0.2) is 0 Å². The summed E-state index contributed by atoms with van der Waals surface area (Å²) in [6, 6.07) is 0. The lowest BCUT2D eigenvalue weighted by Gasteiger charge is -1.75. The van der Waals surface area contributed by atoms with Gasteiger partial charge >= 0.3 is 0 Å². The molecule has 0 aliphatic heterocycles. The first kappa shape index (κ1) is 8.15. The molecule has 9 heavy (non-hydrogen) atoms. The Balaban J connectivity index is 3.25. The van der Waals surface area contributed by atoms with Gasteiger partial charge in [-0.15, -0.1) is 0 Å². The average Bonchev–Trinajstić information content (AvgIpc) is 1.89. The van der Waals surface area contributed by atoms with Crippen molar-refractivity contribution in [3.63, 3.8) is 0 Å². The predicted molar refractivity (Wildman–Crippen MR) is 38.8 cm³/mol. The van der Waals surface area contributed by atoms with Crippen LogP contribution in [0, 0.1) is 0 Å². The van der Waals surface area contributed by atoms with Crippen LogP contribution in [0.4, 0.5) is 4.39 Å². The van der Waals surface area contributed by atoms with Crippen LogP contribution in [0.5, 0.6) is 0 Å². The van der Waals surface area contributed by atoms with E-state index in [2.05, 4.69) is 0 Å². The third kappa shape index (κ3) is 7.15. The van der Waals surface area contributed by atoms with E-state index >= 15 is 0 Å². The highest BCUT2D eigenvalue weighted by atomic mass is 19.1. The Morgan fingerprint density at radius 3 is 2.56 bits per heavy atom. The molecule has 0 unspecified atom stereocenters. The zero-order chi connectivity index (χ0) is 6.95. The second kappa shape index (κ2) is 7.15. The van der Waals surface area contributed by atoms with Gasteiger partial charge in [0.05, 0.1) is 6.33 Å². The number of rotatable bonds is 3. The Morgan fingerprint density at radius 2 is 2.00 bits per heavy atom. The Labute approximate surface area is 55.4 Å². The van der Waals surface area contributed by atoms with Crippen LogP contribution in [0.25, 0.3) is 0 Å². The van der Waals surface area contributed by atoms with Gasteiger partial charge in [-0.3, -0.25) is 0 Å². The third-order valence-electron chi connectivity index (χ3n) is 0.828. The summed E-state index contributed by atoms with van der Waals surface area (Å²) in [6.07, 6.45) is 10.3.